The van der Waals surface area contributed by atoms with Crippen molar-refractivity contribution in [2.75, 3.05) is 29.1 Å². The summed E-state index contributed by atoms with van der Waals surface area (Å²) >= 11 is 1.40. The predicted octanol–water partition coefficient (Wildman–Crippen LogP) is 4.94. The van der Waals surface area contributed by atoms with Gasteiger partial charge in [-0.1, -0.05) is 49.0 Å². The first-order valence-corrected chi connectivity index (χ1v) is 12.0. The SMILES string of the molecule is CCC(=O)N1c2ccccc2-c2nnc(SC)nc2O[C@@H]1c1ccc(N(CC)CC)cc1. The molecule has 0 fully saturated rings. The largest absolute Gasteiger partial charge is 0.447 e. The first kappa shape index (κ1) is 22.1. The Morgan fingerprint density at radius 1 is 1.06 bits per heavy atom. The zero-order valence-corrected chi connectivity index (χ0v) is 19.6. The normalized spacial score (nSPS) is 14.8. The fraction of sp³-hybridized carbons (Fsp3) is 0.333. The molecule has 7 nitrogen and oxygen atoms in total. The molecule has 1 aliphatic rings. The maximum atomic E-state index is 13.2. The molecule has 0 spiro atoms. The average Bonchev–Trinajstić information content (AvgIpc) is 2.99. The summed E-state index contributed by atoms with van der Waals surface area (Å²) in [7, 11) is 0. The van der Waals surface area contributed by atoms with E-state index < -0.39 is 6.23 Å². The van der Waals surface area contributed by atoms with Crippen molar-refractivity contribution in [3.63, 3.8) is 0 Å². The van der Waals surface area contributed by atoms with Crippen molar-refractivity contribution in [2.24, 2.45) is 0 Å². The molecule has 1 atom stereocenters. The molecule has 3 aromatic rings. The van der Waals surface area contributed by atoms with Crippen LogP contribution in [0.1, 0.15) is 39.0 Å². The van der Waals surface area contributed by atoms with Crippen molar-refractivity contribution in [1.29, 1.82) is 0 Å². The number of ether oxygens (including phenoxy) is 1. The molecule has 2 heterocycles. The van der Waals surface area contributed by atoms with Crippen molar-refractivity contribution >= 4 is 29.0 Å². The Labute approximate surface area is 192 Å². The zero-order chi connectivity index (χ0) is 22.7. The molecule has 1 aliphatic heterocycles. The summed E-state index contributed by atoms with van der Waals surface area (Å²) in [4.78, 5) is 21.8. The Morgan fingerprint density at radius 3 is 2.44 bits per heavy atom. The van der Waals surface area contributed by atoms with Crippen LogP contribution in [0.4, 0.5) is 11.4 Å². The smallest absolute Gasteiger partial charge is 0.247 e. The van der Waals surface area contributed by atoms with Crippen molar-refractivity contribution < 1.29 is 9.53 Å². The third-order valence-electron chi connectivity index (χ3n) is 5.57. The summed E-state index contributed by atoms with van der Waals surface area (Å²) in [5.41, 5.74) is 4.06. The van der Waals surface area contributed by atoms with E-state index in [1.165, 1.54) is 11.8 Å². The number of fused-ring (bicyclic) bond motifs is 3. The van der Waals surface area contributed by atoms with E-state index in [1.54, 1.807) is 4.90 Å². The molecular weight excluding hydrogens is 422 g/mol. The van der Waals surface area contributed by atoms with Crippen LogP contribution in [-0.4, -0.2) is 40.4 Å². The highest BCUT2D eigenvalue weighted by Crippen LogP contribution is 2.43. The number of carbonyl (C=O) groups is 1. The minimum absolute atomic E-state index is 0.0406. The third kappa shape index (κ3) is 4.02. The predicted molar refractivity (Wildman–Crippen MR) is 128 cm³/mol. The molecule has 166 valence electrons. The second kappa shape index (κ2) is 9.56. The van der Waals surface area contributed by atoms with Gasteiger partial charge in [0.05, 0.1) is 5.69 Å². The number of aromatic nitrogens is 3. The number of anilines is 2. The summed E-state index contributed by atoms with van der Waals surface area (Å²) in [5, 5.41) is 9.12. The Morgan fingerprint density at radius 2 is 1.78 bits per heavy atom. The lowest BCUT2D eigenvalue weighted by Gasteiger charge is -2.31. The number of rotatable bonds is 6. The Kier molecular flexibility index (Phi) is 6.60. The molecule has 32 heavy (non-hydrogen) atoms. The van der Waals surface area contributed by atoms with Crippen LogP contribution in [0.2, 0.25) is 0 Å². The van der Waals surface area contributed by atoms with Crippen molar-refractivity contribution in [3.8, 4) is 17.1 Å². The van der Waals surface area contributed by atoms with Crippen LogP contribution >= 0.6 is 11.8 Å². The van der Waals surface area contributed by atoms with Crippen molar-refractivity contribution in [1.82, 2.24) is 15.2 Å². The van der Waals surface area contributed by atoms with E-state index in [0.29, 0.717) is 23.2 Å². The molecule has 0 aliphatic carbocycles. The number of carbonyl (C=O) groups excluding carboxylic acids is 1. The van der Waals surface area contributed by atoms with Gasteiger partial charge in [0.25, 0.3) is 0 Å². The summed E-state index contributed by atoms with van der Waals surface area (Å²) in [6.45, 7) is 7.98. The fourth-order valence-electron chi connectivity index (χ4n) is 3.90. The summed E-state index contributed by atoms with van der Waals surface area (Å²) in [5.74, 6) is 0.335. The molecule has 8 heteroatoms. The van der Waals surface area contributed by atoms with E-state index in [2.05, 4.69) is 46.1 Å². The molecule has 0 radical (unpaired) electrons. The maximum absolute atomic E-state index is 13.2. The van der Waals surface area contributed by atoms with Gasteiger partial charge in [0, 0.05) is 36.3 Å². The van der Waals surface area contributed by atoms with Gasteiger partial charge in [-0.15, -0.1) is 10.2 Å². The van der Waals surface area contributed by atoms with E-state index in [-0.39, 0.29) is 5.91 Å². The lowest BCUT2D eigenvalue weighted by Crippen LogP contribution is -2.37. The van der Waals surface area contributed by atoms with Gasteiger partial charge in [0.15, 0.2) is 5.69 Å². The van der Waals surface area contributed by atoms with Crippen molar-refractivity contribution in [3.05, 3.63) is 54.1 Å². The number of hydrogen-bond acceptors (Lipinski definition) is 7. The third-order valence-corrected chi connectivity index (χ3v) is 6.11. The Balaban J connectivity index is 1.87. The molecule has 0 unspecified atom stereocenters. The van der Waals surface area contributed by atoms with Crippen LogP contribution in [0.25, 0.3) is 11.3 Å². The minimum atomic E-state index is -0.665. The van der Waals surface area contributed by atoms with Crippen LogP contribution in [0.5, 0.6) is 5.88 Å². The van der Waals surface area contributed by atoms with Crippen molar-refractivity contribution in [2.45, 2.75) is 38.6 Å². The minimum Gasteiger partial charge on any atom is -0.447 e. The summed E-state index contributed by atoms with van der Waals surface area (Å²) < 4.78 is 6.42. The van der Waals surface area contributed by atoms with Gasteiger partial charge in [0.2, 0.25) is 23.2 Å². The van der Waals surface area contributed by atoms with E-state index in [4.69, 9.17) is 4.74 Å². The van der Waals surface area contributed by atoms with Gasteiger partial charge in [-0.25, -0.2) is 0 Å². The summed E-state index contributed by atoms with van der Waals surface area (Å²) in [6.07, 6.45) is 1.57. The second-order valence-electron chi connectivity index (χ2n) is 7.32. The van der Waals surface area contributed by atoms with Crippen LogP contribution in [0.3, 0.4) is 0 Å². The fourth-order valence-corrected chi connectivity index (χ4v) is 4.19. The molecule has 2 aromatic carbocycles. The average molecular weight is 450 g/mol. The highest BCUT2D eigenvalue weighted by molar-refractivity contribution is 7.98. The number of thioether (sulfide) groups is 1. The van der Waals surface area contributed by atoms with E-state index in [1.807, 2.05) is 49.6 Å². The molecular formula is C24H27N5O2S. The number of benzene rings is 2. The van der Waals surface area contributed by atoms with Gasteiger partial charge in [-0.05, 0) is 38.3 Å². The molecule has 1 amide bonds. The highest BCUT2D eigenvalue weighted by Gasteiger charge is 2.35. The number of amides is 1. The standard InChI is InChI=1S/C24H27N5O2S/c1-5-20(30)29-19-11-9-8-10-18(19)21-22(25-24(32-4)27-26-21)31-23(29)16-12-14-17(15-13-16)28(6-2)7-3/h8-15,23H,5-7H2,1-4H3/t23-/m1/s1. The van der Waals surface area contributed by atoms with Gasteiger partial charge in [-0.3, -0.25) is 9.69 Å². The monoisotopic (exact) mass is 449 g/mol. The van der Waals surface area contributed by atoms with E-state index in [0.717, 1.165) is 35.6 Å². The first-order valence-electron chi connectivity index (χ1n) is 10.8. The quantitative estimate of drug-likeness (QED) is 0.494. The topological polar surface area (TPSA) is 71.5 Å². The van der Waals surface area contributed by atoms with Crippen LogP contribution in [-0.2, 0) is 4.79 Å². The Bertz CT molecular complexity index is 1100. The number of nitrogens with zero attached hydrogens (tertiary/aromatic N) is 5. The molecule has 0 N–H and O–H groups in total. The lowest BCUT2D eigenvalue weighted by atomic mass is 10.1. The number of para-hydroxylation sites is 1. The van der Waals surface area contributed by atoms with Gasteiger partial charge in [0.1, 0.15) is 0 Å². The number of hydrogen-bond donors (Lipinski definition) is 0. The molecule has 0 saturated carbocycles. The first-order chi connectivity index (χ1) is 15.6. The molecule has 0 bridgehead atoms. The second-order valence-corrected chi connectivity index (χ2v) is 8.09. The summed E-state index contributed by atoms with van der Waals surface area (Å²) in [6, 6.07) is 15.9. The zero-order valence-electron chi connectivity index (χ0n) is 18.8. The maximum Gasteiger partial charge on any atom is 0.247 e. The van der Waals surface area contributed by atoms with Crippen LogP contribution in [0.15, 0.2) is 53.7 Å². The lowest BCUT2D eigenvalue weighted by molar-refractivity contribution is -0.120. The highest BCUT2D eigenvalue weighted by atomic mass is 32.2. The van der Waals surface area contributed by atoms with E-state index >= 15 is 0 Å². The molecule has 1 aromatic heterocycles. The van der Waals surface area contributed by atoms with Crippen LogP contribution in [0, 0.1) is 0 Å². The van der Waals surface area contributed by atoms with E-state index in [9.17, 15) is 4.79 Å². The van der Waals surface area contributed by atoms with Crippen LogP contribution < -0.4 is 14.5 Å². The van der Waals surface area contributed by atoms with Gasteiger partial charge >= 0.3 is 0 Å². The molecule has 0 saturated heterocycles. The van der Waals surface area contributed by atoms with Gasteiger partial charge < -0.3 is 9.64 Å². The molecule has 4 rings (SSSR count). The van der Waals surface area contributed by atoms with Gasteiger partial charge in [-0.2, -0.15) is 4.98 Å². The Hall–Kier alpha value is -3.13.